The molecule has 0 aromatic carbocycles. The maximum absolute atomic E-state index is 13.7. The Hall–Kier alpha value is -2.50. The lowest BCUT2D eigenvalue weighted by atomic mass is 10.1. The molecule has 2 aromatic rings. The van der Waals surface area contributed by atoms with Gasteiger partial charge in [-0.3, -0.25) is 0 Å². The summed E-state index contributed by atoms with van der Waals surface area (Å²) < 4.78 is 32.8. The Kier molecular flexibility index (Phi) is 5.79. The number of nitrogen functional groups attached to an aromatic ring is 1. The fourth-order valence-electron chi connectivity index (χ4n) is 3.50. The number of morpholine rings is 1. The molecule has 2 saturated heterocycles. The van der Waals surface area contributed by atoms with E-state index in [-0.39, 0.29) is 34.9 Å². The van der Waals surface area contributed by atoms with Crippen molar-refractivity contribution in [1.82, 2.24) is 30.6 Å². The van der Waals surface area contributed by atoms with Crippen LogP contribution in [-0.2, 0) is 4.74 Å². The van der Waals surface area contributed by atoms with Crippen LogP contribution in [0.1, 0.15) is 30.8 Å². The molecular formula is C18H24F2N8O. The molecule has 0 radical (unpaired) electrons. The van der Waals surface area contributed by atoms with Gasteiger partial charge in [0.15, 0.2) is 11.6 Å². The number of pyridine rings is 1. The second-order valence-electron chi connectivity index (χ2n) is 7.14. The van der Waals surface area contributed by atoms with Gasteiger partial charge in [-0.15, -0.1) is 0 Å². The zero-order chi connectivity index (χ0) is 20.4. The van der Waals surface area contributed by atoms with Gasteiger partial charge in [-0.25, -0.2) is 18.7 Å². The number of aromatic nitrogens is 4. The molecule has 2 fully saturated rings. The normalized spacial score (nSPS) is 22.8. The molecule has 0 bridgehead atoms. The van der Waals surface area contributed by atoms with Gasteiger partial charge in [0.25, 0.3) is 6.43 Å². The molecular weight excluding hydrogens is 382 g/mol. The molecule has 0 spiro atoms. The lowest BCUT2D eigenvalue weighted by Gasteiger charge is -2.34. The third-order valence-electron chi connectivity index (χ3n) is 5.05. The van der Waals surface area contributed by atoms with Crippen molar-refractivity contribution in [3.05, 3.63) is 23.7 Å². The van der Waals surface area contributed by atoms with Gasteiger partial charge >= 0.3 is 0 Å². The Bertz CT molecular complexity index is 862. The summed E-state index contributed by atoms with van der Waals surface area (Å²) in [6, 6.07) is 1.08. The van der Waals surface area contributed by atoms with Gasteiger partial charge in [0.1, 0.15) is 5.82 Å². The van der Waals surface area contributed by atoms with Crippen LogP contribution in [0.15, 0.2) is 12.3 Å². The molecule has 4 heterocycles. The van der Waals surface area contributed by atoms with Gasteiger partial charge in [-0.1, -0.05) is 0 Å². The van der Waals surface area contributed by atoms with Gasteiger partial charge in [-0.05, 0) is 13.0 Å². The summed E-state index contributed by atoms with van der Waals surface area (Å²) in [4.78, 5) is 19.7. The van der Waals surface area contributed by atoms with E-state index in [1.54, 1.807) is 0 Å². The molecule has 1 unspecified atom stereocenters. The number of nitrogens with two attached hydrogens (primary N) is 1. The first-order chi connectivity index (χ1) is 14.0. The minimum Gasteiger partial charge on any atom is -0.384 e. The maximum atomic E-state index is 13.7. The number of alkyl halides is 2. The summed E-state index contributed by atoms with van der Waals surface area (Å²) in [5.74, 6) is 1.15. The number of hydrogen-bond donors (Lipinski definition) is 3. The summed E-state index contributed by atoms with van der Waals surface area (Å²) in [5.41, 5.74) is 5.53. The molecule has 4 rings (SSSR count). The predicted octanol–water partition coefficient (Wildman–Crippen LogP) is 0.912. The van der Waals surface area contributed by atoms with Crippen LogP contribution in [0.25, 0.3) is 11.4 Å². The molecule has 2 aliphatic heterocycles. The molecule has 2 aromatic heterocycles. The zero-order valence-electron chi connectivity index (χ0n) is 16.1. The molecule has 156 valence electrons. The molecule has 11 heteroatoms. The van der Waals surface area contributed by atoms with Crippen LogP contribution in [0.4, 0.5) is 20.5 Å². The van der Waals surface area contributed by atoms with E-state index in [2.05, 4.69) is 30.6 Å². The summed E-state index contributed by atoms with van der Waals surface area (Å²) in [5, 5.41) is 6.65. The smallest absolute Gasteiger partial charge is 0.264 e. The number of nitrogens with zero attached hydrogens (tertiary/aromatic N) is 5. The van der Waals surface area contributed by atoms with Gasteiger partial charge in [0, 0.05) is 43.5 Å². The zero-order valence-corrected chi connectivity index (χ0v) is 16.1. The summed E-state index contributed by atoms with van der Waals surface area (Å²) >= 11 is 0. The fourth-order valence-corrected chi connectivity index (χ4v) is 3.50. The topological polar surface area (TPSA) is 114 Å². The first kappa shape index (κ1) is 19.8. The van der Waals surface area contributed by atoms with E-state index in [1.807, 2.05) is 11.8 Å². The number of anilines is 2. The van der Waals surface area contributed by atoms with Crippen LogP contribution < -0.4 is 21.3 Å². The van der Waals surface area contributed by atoms with Crippen LogP contribution in [0, 0.1) is 0 Å². The SMILES string of the molecule is C[C@@H]1COCCN1c1nc(-c2cnc(N)cc2C(F)F)nc(C2CNCCN2)n1. The number of halogens is 2. The van der Waals surface area contributed by atoms with Crippen LogP contribution in [0.3, 0.4) is 0 Å². The van der Waals surface area contributed by atoms with Crippen LogP contribution in [-0.4, -0.2) is 65.4 Å². The van der Waals surface area contributed by atoms with Crippen molar-refractivity contribution >= 4 is 11.8 Å². The standard InChI is InChI=1S/C18H24F2N8O/c1-10-9-29-5-4-28(10)18-26-16(12-7-24-14(21)6-11(12)15(19)20)25-17(27-18)13-8-22-2-3-23-13/h6-7,10,13,15,22-23H,2-5,8-9H2,1H3,(H2,21,24)/t10-,13?/m1/s1. The Morgan fingerprint density at radius 3 is 2.86 bits per heavy atom. The first-order valence-electron chi connectivity index (χ1n) is 9.61. The molecule has 29 heavy (non-hydrogen) atoms. The molecule has 0 aliphatic carbocycles. The highest BCUT2D eigenvalue weighted by molar-refractivity contribution is 5.63. The number of piperazine rings is 1. The van der Waals surface area contributed by atoms with Crippen LogP contribution >= 0.6 is 0 Å². The average Bonchev–Trinajstić information content (AvgIpc) is 2.74. The van der Waals surface area contributed by atoms with Crippen molar-refractivity contribution < 1.29 is 13.5 Å². The number of rotatable bonds is 4. The highest BCUT2D eigenvalue weighted by Crippen LogP contribution is 2.31. The lowest BCUT2D eigenvalue weighted by molar-refractivity contribution is 0.0980. The largest absolute Gasteiger partial charge is 0.384 e. The van der Waals surface area contributed by atoms with Crippen molar-refractivity contribution in [2.24, 2.45) is 0 Å². The molecule has 0 saturated carbocycles. The van der Waals surface area contributed by atoms with Crippen molar-refractivity contribution in [1.29, 1.82) is 0 Å². The molecule has 2 atom stereocenters. The highest BCUT2D eigenvalue weighted by Gasteiger charge is 2.27. The Balaban J connectivity index is 1.81. The third kappa shape index (κ3) is 4.26. The second kappa shape index (κ2) is 8.47. The third-order valence-corrected chi connectivity index (χ3v) is 5.05. The quantitative estimate of drug-likeness (QED) is 0.682. The highest BCUT2D eigenvalue weighted by atomic mass is 19.3. The van der Waals surface area contributed by atoms with Gasteiger partial charge < -0.3 is 26.0 Å². The van der Waals surface area contributed by atoms with E-state index in [4.69, 9.17) is 10.5 Å². The number of ether oxygens (including phenoxy) is 1. The van der Waals surface area contributed by atoms with E-state index in [0.717, 1.165) is 13.1 Å². The minimum absolute atomic E-state index is 0.0264. The van der Waals surface area contributed by atoms with E-state index in [9.17, 15) is 8.78 Å². The molecule has 9 nitrogen and oxygen atoms in total. The Labute approximate surface area is 167 Å². The first-order valence-corrected chi connectivity index (χ1v) is 9.61. The number of nitrogens with one attached hydrogen (secondary N) is 2. The predicted molar refractivity (Wildman–Crippen MR) is 104 cm³/mol. The monoisotopic (exact) mass is 406 g/mol. The van der Waals surface area contributed by atoms with Gasteiger partial charge in [0.2, 0.25) is 5.95 Å². The molecule has 2 aliphatic rings. The summed E-state index contributed by atoms with van der Waals surface area (Å²) in [6.45, 7) is 5.98. The van der Waals surface area contributed by atoms with Crippen molar-refractivity contribution in [2.45, 2.75) is 25.4 Å². The van der Waals surface area contributed by atoms with Crippen molar-refractivity contribution in [2.75, 3.05) is 50.0 Å². The van der Waals surface area contributed by atoms with E-state index in [0.29, 0.717) is 38.1 Å². The van der Waals surface area contributed by atoms with E-state index >= 15 is 0 Å². The van der Waals surface area contributed by atoms with Crippen molar-refractivity contribution in [3.63, 3.8) is 0 Å². The summed E-state index contributed by atoms with van der Waals surface area (Å²) in [7, 11) is 0. The van der Waals surface area contributed by atoms with E-state index < -0.39 is 6.43 Å². The minimum atomic E-state index is -2.73. The lowest BCUT2D eigenvalue weighted by Crippen LogP contribution is -2.46. The molecule has 0 amide bonds. The van der Waals surface area contributed by atoms with E-state index in [1.165, 1.54) is 12.3 Å². The maximum Gasteiger partial charge on any atom is 0.264 e. The van der Waals surface area contributed by atoms with Crippen molar-refractivity contribution in [3.8, 4) is 11.4 Å². The Morgan fingerprint density at radius 1 is 1.28 bits per heavy atom. The summed E-state index contributed by atoms with van der Waals surface area (Å²) in [6.07, 6.45) is -1.43. The van der Waals surface area contributed by atoms with Gasteiger partial charge in [0.05, 0.1) is 25.3 Å². The second-order valence-corrected chi connectivity index (χ2v) is 7.14. The fraction of sp³-hybridized carbons (Fsp3) is 0.556. The van der Waals surface area contributed by atoms with Crippen LogP contribution in [0.5, 0.6) is 0 Å². The number of hydrogen-bond acceptors (Lipinski definition) is 9. The van der Waals surface area contributed by atoms with Gasteiger partial charge in [-0.2, -0.15) is 9.97 Å². The Morgan fingerprint density at radius 2 is 2.14 bits per heavy atom. The molecule has 4 N–H and O–H groups in total. The van der Waals surface area contributed by atoms with Crippen LogP contribution in [0.2, 0.25) is 0 Å². The average molecular weight is 406 g/mol.